The average Bonchev–Trinajstić information content (AvgIpc) is 3.17. The lowest BCUT2D eigenvalue weighted by atomic mass is 9.96. The van der Waals surface area contributed by atoms with Gasteiger partial charge in [0.1, 0.15) is 12.2 Å². The number of thiophene rings is 1. The van der Waals surface area contributed by atoms with Gasteiger partial charge in [0.2, 0.25) is 0 Å². The summed E-state index contributed by atoms with van der Waals surface area (Å²) in [6.45, 7) is 2.15. The van der Waals surface area contributed by atoms with Crippen molar-refractivity contribution >= 4 is 11.3 Å². The highest BCUT2D eigenvalue weighted by molar-refractivity contribution is 7.10. The molecule has 3 rings (SSSR count). The van der Waals surface area contributed by atoms with Gasteiger partial charge in [-0.05, 0) is 37.1 Å². The third-order valence-electron chi connectivity index (χ3n) is 3.99. The van der Waals surface area contributed by atoms with Crippen LogP contribution in [0.15, 0.2) is 23.8 Å². The van der Waals surface area contributed by atoms with E-state index in [1.807, 2.05) is 11.3 Å². The number of H-pyrrole nitrogens is 1. The smallest absolute Gasteiger partial charge is 0.141 e. The molecule has 2 aromatic heterocycles. The van der Waals surface area contributed by atoms with E-state index in [0.29, 0.717) is 6.04 Å². The fraction of sp³-hybridized carbons (Fsp3) is 0.571. The molecule has 0 spiro atoms. The van der Waals surface area contributed by atoms with Crippen LogP contribution < -0.4 is 5.32 Å². The SMILES string of the molecule is CC(NC(c1cccs1)C1CCCC1)c1ncn[nH]1. The van der Waals surface area contributed by atoms with E-state index in [2.05, 4.69) is 44.9 Å². The van der Waals surface area contributed by atoms with E-state index in [1.165, 1.54) is 30.6 Å². The van der Waals surface area contributed by atoms with E-state index >= 15 is 0 Å². The molecule has 0 bridgehead atoms. The van der Waals surface area contributed by atoms with Crippen molar-refractivity contribution in [2.24, 2.45) is 5.92 Å². The predicted molar refractivity (Wildman–Crippen MR) is 77.0 cm³/mol. The Hall–Kier alpha value is -1.20. The zero-order valence-electron chi connectivity index (χ0n) is 11.2. The summed E-state index contributed by atoms with van der Waals surface area (Å²) in [5.41, 5.74) is 0. The van der Waals surface area contributed by atoms with E-state index < -0.39 is 0 Å². The standard InChI is InChI=1S/C14H20N4S/c1-10(14-15-9-16-18-14)17-13(11-5-2-3-6-11)12-7-4-8-19-12/h4,7-11,13,17H,2-3,5-6H2,1H3,(H,15,16,18). The first-order chi connectivity index (χ1) is 9.34. The zero-order valence-corrected chi connectivity index (χ0v) is 12.0. The van der Waals surface area contributed by atoms with E-state index in [4.69, 9.17) is 0 Å². The van der Waals surface area contributed by atoms with Crippen molar-refractivity contribution < 1.29 is 0 Å². The number of hydrogen-bond donors (Lipinski definition) is 2. The van der Waals surface area contributed by atoms with Crippen molar-refractivity contribution in [2.75, 3.05) is 0 Å². The van der Waals surface area contributed by atoms with Crippen LogP contribution in [0.1, 0.15) is 55.4 Å². The maximum atomic E-state index is 4.25. The first kappa shape index (κ1) is 12.8. The second-order valence-electron chi connectivity index (χ2n) is 5.30. The molecule has 2 atom stereocenters. The molecule has 1 aliphatic rings. The molecule has 2 heterocycles. The van der Waals surface area contributed by atoms with Gasteiger partial charge in [-0.15, -0.1) is 11.3 Å². The van der Waals surface area contributed by atoms with Gasteiger partial charge in [0.25, 0.3) is 0 Å². The molecule has 1 saturated carbocycles. The molecular formula is C14H20N4S. The third kappa shape index (κ3) is 2.87. The van der Waals surface area contributed by atoms with Gasteiger partial charge >= 0.3 is 0 Å². The van der Waals surface area contributed by atoms with Crippen molar-refractivity contribution in [1.29, 1.82) is 0 Å². The molecule has 0 amide bonds. The Balaban J connectivity index is 1.75. The molecule has 2 unspecified atom stereocenters. The van der Waals surface area contributed by atoms with Crippen molar-refractivity contribution in [3.05, 3.63) is 34.5 Å². The van der Waals surface area contributed by atoms with Gasteiger partial charge in [0, 0.05) is 10.9 Å². The van der Waals surface area contributed by atoms with Crippen LogP contribution in [-0.2, 0) is 0 Å². The summed E-state index contributed by atoms with van der Waals surface area (Å²) >= 11 is 1.85. The van der Waals surface area contributed by atoms with Crippen LogP contribution in [-0.4, -0.2) is 15.2 Å². The molecular weight excluding hydrogens is 256 g/mol. The van der Waals surface area contributed by atoms with Crippen LogP contribution in [0.2, 0.25) is 0 Å². The number of nitrogens with one attached hydrogen (secondary N) is 2. The lowest BCUT2D eigenvalue weighted by Gasteiger charge is -2.26. The van der Waals surface area contributed by atoms with Gasteiger partial charge < -0.3 is 0 Å². The highest BCUT2D eigenvalue weighted by Gasteiger charge is 2.28. The summed E-state index contributed by atoms with van der Waals surface area (Å²) in [6.07, 6.45) is 6.97. The normalized spacial score (nSPS) is 19.6. The number of aromatic nitrogens is 3. The first-order valence-corrected chi connectivity index (χ1v) is 7.87. The van der Waals surface area contributed by atoms with Crippen molar-refractivity contribution in [3.63, 3.8) is 0 Å². The minimum absolute atomic E-state index is 0.204. The van der Waals surface area contributed by atoms with Crippen LogP contribution in [0.5, 0.6) is 0 Å². The van der Waals surface area contributed by atoms with Crippen molar-refractivity contribution in [3.8, 4) is 0 Å². The Morgan fingerprint density at radius 2 is 2.26 bits per heavy atom. The summed E-state index contributed by atoms with van der Waals surface area (Å²) in [6, 6.07) is 5.04. The largest absolute Gasteiger partial charge is 0.300 e. The summed E-state index contributed by atoms with van der Waals surface area (Å²) in [5.74, 6) is 1.67. The Bertz CT molecular complexity index is 474. The van der Waals surface area contributed by atoms with Gasteiger partial charge in [-0.3, -0.25) is 10.4 Å². The molecule has 0 aliphatic heterocycles. The number of nitrogens with zero attached hydrogens (tertiary/aromatic N) is 2. The average molecular weight is 276 g/mol. The van der Waals surface area contributed by atoms with E-state index in [9.17, 15) is 0 Å². The molecule has 2 aromatic rings. The van der Waals surface area contributed by atoms with Crippen molar-refractivity contribution in [2.45, 2.75) is 44.7 Å². The Labute approximate surface area is 117 Å². The van der Waals surface area contributed by atoms with Crippen LogP contribution in [0.3, 0.4) is 0 Å². The van der Waals surface area contributed by atoms with Gasteiger partial charge in [-0.25, -0.2) is 4.98 Å². The molecule has 0 saturated heterocycles. The number of rotatable bonds is 5. The van der Waals surface area contributed by atoms with E-state index in [0.717, 1.165) is 11.7 Å². The first-order valence-electron chi connectivity index (χ1n) is 6.99. The Morgan fingerprint density at radius 1 is 1.42 bits per heavy atom. The fourth-order valence-electron chi connectivity index (χ4n) is 2.98. The maximum Gasteiger partial charge on any atom is 0.141 e. The second kappa shape index (κ2) is 5.84. The fourth-order valence-corrected chi connectivity index (χ4v) is 3.86. The van der Waals surface area contributed by atoms with E-state index in [-0.39, 0.29) is 6.04 Å². The molecule has 1 aliphatic carbocycles. The Kier molecular flexibility index (Phi) is 3.94. The lowest BCUT2D eigenvalue weighted by Crippen LogP contribution is -2.29. The topological polar surface area (TPSA) is 53.6 Å². The Morgan fingerprint density at radius 3 is 2.89 bits per heavy atom. The predicted octanol–water partition coefficient (Wildman–Crippen LogP) is 3.45. The summed E-state index contributed by atoms with van der Waals surface area (Å²) < 4.78 is 0. The summed E-state index contributed by atoms with van der Waals surface area (Å²) in [7, 11) is 0. The molecule has 1 fully saturated rings. The maximum absolute atomic E-state index is 4.25. The summed E-state index contributed by atoms with van der Waals surface area (Å²) in [4.78, 5) is 5.69. The molecule has 2 N–H and O–H groups in total. The zero-order chi connectivity index (χ0) is 13.1. The van der Waals surface area contributed by atoms with Gasteiger partial charge in [0.15, 0.2) is 0 Å². The monoisotopic (exact) mass is 276 g/mol. The van der Waals surface area contributed by atoms with E-state index in [1.54, 1.807) is 6.33 Å². The van der Waals surface area contributed by atoms with Crippen LogP contribution in [0.25, 0.3) is 0 Å². The van der Waals surface area contributed by atoms with Gasteiger partial charge in [-0.1, -0.05) is 18.9 Å². The summed E-state index contributed by atoms with van der Waals surface area (Å²) in [5, 5.41) is 12.8. The number of hydrogen-bond acceptors (Lipinski definition) is 4. The number of aromatic amines is 1. The van der Waals surface area contributed by atoms with Crippen molar-refractivity contribution in [1.82, 2.24) is 20.5 Å². The lowest BCUT2D eigenvalue weighted by molar-refractivity contribution is 0.338. The highest BCUT2D eigenvalue weighted by atomic mass is 32.1. The van der Waals surface area contributed by atoms with Crippen LogP contribution in [0.4, 0.5) is 0 Å². The van der Waals surface area contributed by atoms with Crippen LogP contribution in [0, 0.1) is 5.92 Å². The molecule has 4 nitrogen and oxygen atoms in total. The van der Waals surface area contributed by atoms with Gasteiger partial charge in [-0.2, -0.15) is 5.10 Å². The highest BCUT2D eigenvalue weighted by Crippen LogP contribution is 2.38. The minimum Gasteiger partial charge on any atom is -0.300 e. The van der Waals surface area contributed by atoms with Gasteiger partial charge in [0.05, 0.1) is 6.04 Å². The molecule has 0 radical (unpaired) electrons. The molecule has 0 aromatic carbocycles. The molecule has 19 heavy (non-hydrogen) atoms. The second-order valence-corrected chi connectivity index (χ2v) is 6.28. The van der Waals surface area contributed by atoms with Crippen LogP contribution >= 0.6 is 11.3 Å². The molecule has 102 valence electrons. The molecule has 5 heteroatoms. The third-order valence-corrected chi connectivity index (χ3v) is 4.95. The quantitative estimate of drug-likeness (QED) is 0.879. The minimum atomic E-state index is 0.204.